The van der Waals surface area contributed by atoms with Gasteiger partial charge in [0.05, 0.1) is 5.54 Å². The molecule has 0 bridgehead atoms. The SMILES string of the molecule is C=C1SC(Nc2ccc(F)c(C)c2)=NC1(CC)CC. The number of hydrogen-bond donors (Lipinski definition) is 1. The Hall–Kier alpha value is -1.29. The zero-order chi connectivity index (χ0) is 14.0. The minimum atomic E-state index is -0.188. The lowest BCUT2D eigenvalue weighted by Crippen LogP contribution is -2.22. The van der Waals surface area contributed by atoms with E-state index < -0.39 is 0 Å². The molecule has 0 atom stereocenters. The van der Waals surface area contributed by atoms with E-state index in [0.29, 0.717) is 5.56 Å². The van der Waals surface area contributed by atoms with Crippen molar-refractivity contribution in [2.75, 3.05) is 5.32 Å². The third kappa shape index (κ3) is 2.68. The van der Waals surface area contributed by atoms with Gasteiger partial charge in [-0.15, -0.1) is 0 Å². The Morgan fingerprint density at radius 1 is 1.37 bits per heavy atom. The molecular weight excluding hydrogens is 259 g/mol. The number of nitrogens with zero attached hydrogens (tertiary/aromatic N) is 1. The number of hydrogen-bond acceptors (Lipinski definition) is 3. The maximum absolute atomic E-state index is 13.2. The van der Waals surface area contributed by atoms with Gasteiger partial charge >= 0.3 is 0 Å². The molecule has 2 nitrogen and oxygen atoms in total. The van der Waals surface area contributed by atoms with Crippen molar-refractivity contribution in [2.45, 2.75) is 39.2 Å². The number of amidine groups is 1. The number of aryl methyl sites for hydroxylation is 1. The van der Waals surface area contributed by atoms with Crippen LogP contribution in [0.25, 0.3) is 0 Å². The third-order valence-electron chi connectivity index (χ3n) is 3.63. The first-order valence-electron chi connectivity index (χ1n) is 6.51. The molecule has 0 aliphatic carbocycles. The van der Waals surface area contributed by atoms with E-state index in [1.54, 1.807) is 30.8 Å². The van der Waals surface area contributed by atoms with Crippen LogP contribution in [0.3, 0.4) is 0 Å². The summed E-state index contributed by atoms with van der Waals surface area (Å²) in [4.78, 5) is 5.84. The van der Waals surface area contributed by atoms with E-state index >= 15 is 0 Å². The molecule has 1 aromatic rings. The molecule has 0 saturated carbocycles. The number of benzene rings is 1. The molecule has 0 aromatic heterocycles. The van der Waals surface area contributed by atoms with E-state index in [2.05, 4.69) is 25.7 Å². The van der Waals surface area contributed by atoms with E-state index in [9.17, 15) is 4.39 Å². The summed E-state index contributed by atoms with van der Waals surface area (Å²) in [6, 6.07) is 4.99. The second-order valence-electron chi connectivity index (χ2n) is 4.77. The normalized spacial score (nSPS) is 17.5. The summed E-state index contributed by atoms with van der Waals surface area (Å²) in [6.07, 6.45) is 1.89. The Balaban J connectivity index is 2.20. The van der Waals surface area contributed by atoms with Crippen LogP contribution in [-0.4, -0.2) is 10.7 Å². The molecule has 1 aliphatic heterocycles. The van der Waals surface area contributed by atoms with Crippen LogP contribution in [-0.2, 0) is 0 Å². The van der Waals surface area contributed by atoms with Crippen molar-refractivity contribution < 1.29 is 4.39 Å². The van der Waals surface area contributed by atoms with Crippen LogP contribution in [0.4, 0.5) is 10.1 Å². The van der Waals surface area contributed by atoms with Crippen molar-refractivity contribution in [3.63, 3.8) is 0 Å². The number of thioether (sulfide) groups is 1. The Labute approximate surface area is 118 Å². The zero-order valence-electron chi connectivity index (χ0n) is 11.6. The summed E-state index contributed by atoms with van der Waals surface area (Å²) >= 11 is 1.58. The van der Waals surface area contributed by atoms with Crippen LogP contribution in [0.5, 0.6) is 0 Å². The third-order valence-corrected chi connectivity index (χ3v) is 4.65. The Kier molecular flexibility index (Phi) is 3.99. The molecule has 4 heteroatoms. The highest BCUT2D eigenvalue weighted by Crippen LogP contribution is 2.42. The summed E-state index contributed by atoms with van der Waals surface area (Å²) in [5.41, 5.74) is 1.34. The summed E-state index contributed by atoms with van der Waals surface area (Å²) in [5.74, 6) is -0.188. The van der Waals surface area contributed by atoms with E-state index in [-0.39, 0.29) is 11.4 Å². The monoisotopic (exact) mass is 278 g/mol. The fourth-order valence-electron chi connectivity index (χ4n) is 2.19. The average molecular weight is 278 g/mol. The fourth-order valence-corrected chi connectivity index (χ4v) is 3.34. The maximum atomic E-state index is 13.2. The second-order valence-corrected chi connectivity index (χ2v) is 5.85. The van der Waals surface area contributed by atoms with Crippen molar-refractivity contribution in [1.29, 1.82) is 0 Å². The standard InChI is InChI=1S/C15H19FN2S/c1-5-15(6-2)11(4)19-14(18-15)17-12-7-8-13(16)10(3)9-12/h7-9H,4-6H2,1-3H3,(H,17,18). The van der Waals surface area contributed by atoms with E-state index in [0.717, 1.165) is 28.6 Å². The number of nitrogens with one attached hydrogen (secondary N) is 1. The molecular formula is C15H19FN2S. The quantitative estimate of drug-likeness (QED) is 0.865. The lowest BCUT2D eigenvalue weighted by Gasteiger charge is -2.22. The van der Waals surface area contributed by atoms with Gasteiger partial charge in [-0.2, -0.15) is 0 Å². The van der Waals surface area contributed by atoms with Crippen molar-refractivity contribution in [1.82, 2.24) is 0 Å². The summed E-state index contributed by atoms with van der Waals surface area (Å²) in [5, 5.41) is 4.10. The smallest absolute Gasteiger partial charge is 0.166 e. The average Bonchev–Trinajstić information content (AvgIpc) is 2.70. The van der Waals surface area contributed by atoms with Gasteiger partial charge in [0.2, 0.25) is 0 Å². The fraction of sp³-hybridized carbons (Fsp3) is 0.400. The molecule has 19 heavy (non-hydrogen) atoms. The molecule has 102 valence electrons. The molecule has 2 rings (SSSR count). The van der Waals surface area contributed by atoms with Crippen molar-refractivity contribution >= 4 is 22.6 Å². The molecule has 1 aliphatic rings. The van der Waals surface area contributed by atoms with Crippen LogP contribution in [0, 0.1) is 12.7 Å². The van der Waals surface area contributed by atoms with Gasteiger partial charge in [-0.3, -0.25) is 4.99 Å². The van der Waals surface area contributed by atoms with Crippen LogP contribution in [0.15, 0.2) is 34.7 Å². The first-order valence-corrected chi connectivity index (χ1v) is 7.32. The van der Waals surface area contributed by atoms with Gasteiger partial charge in [-0.05, 0) is 43.5 Å². The Bertz CT molecular complexity index is 533. The lowest BCUT2D eigenvalue weighted by atomic mass is 9.94. The molecule has 1 aromatic carbocycles. The minimum Gasteiger partial charge on any atom is -0.335 e. The molecule has 0 spiro atoms. The topological polar surface area (TPSA) is 24.4 Å². The van der Waals surface area contributed by atoms with Crippen LogP contribution in [0.1, 0.15) is 32.3 Å². The predicted molar refractivity (Wildman–Crippen MR) is 82.2 cm³/mol. The molecule has 0 saturated heterocycles. The number of anilines is 1. The van der Waals surface area contributed by atoms with Crippen LogP contribution < -0.4 is 5.32 Å². The molecule has 1 N–H and O–H groups in total. The molecule has 0 amide bonds. The lowest BCUT2D eigenvalue weighted by molar-refractivity contribution is 0.496. The highest BCUT2D eigenvalue weighted by molar-refractivity contribution is 8.17. The van der Waals surface area contributed by atoms with Gasteiger partial charge in [0.25, 0.3) is 0 Å². The Morgan fingerprint density at radius 3 is 2.58 bits per heavy atom. The second kappa shape index (κ2) is 5.37. The largest absolute Gasteiger partial charge is 0.335 e. The first-order chi connectivity index (χ1) is 9.00. The Morgan fingerprint density at radius 2 is 2.05 bits per heavy atom. The van der Waals surface area contributed by atoms with Crippen molar-refractivity contribution in [3.05, 3.63) is 41.1 Å². The molecule has 0 fully saturated rings. The molecule has 0 radical (unpaired) electrons. The van der Waals surface area contributed by atoms with Gasteiger partial charge in [-0.25, -0.2) is 4.39 Å². The number of aliphatic imine (C=N–C) groups is 1. The van der Waals surface area contributed by atoms with Gasteiger partial charge in [0, 0.05) is 10.6 Å². The number of halogens is 1. The van der Waals surface area contributed by atoms with Crippen molar-refractivity contribution in [3.8, 4) is 0 Å². The molecule has 1 heterocycles. The van der Waals surface area contributed by atoms with Crippen LogP contribution >= 0.6 is 11.8 Å². The number of rotatable bonds is 3. The summed E-state index contributed by atoms with van der Waals surface area (Å²) in [7, 11) is 0. The summed E-state index contributed by atoms with van der Waals surface area (Å²) in [6.45, 7) is 10.1. The maximum Gasteiger partial charge on any atom is 0.166 e. The zero-order valence-corrected chi connectivity index (χ0v) is 12.4. The molecule has 0 unspecified atom stereocenters. The minimum absolute atomic E-state index is 0.151. The van der Waals surface area contributed by atoms with Crippen LogP contribution in [0.2, 0.25) is 0 Å². The summed E-state index contributed by atoms with van der Waals surface area (Å²) < 4.78 is 13.2. The van der Waals surface area contributed by atoms with Gasteiger partial charge < -0.3 is 5.32 Å². The van der Waals surface area contributed by atoms with Gasteiger partial charge in [0.1, 0.15) is 5.82 Å². The van der Waals surface area contributed by atoms with E-state index in [1.807, 2.05) is 0 Å². The van der Waals surface area contributed by atoms with E-state index in [4.69, 9.17) is 4.99 Å². The van der Waals surface area contributed by atoms with Crippen molar-refractivity contribution in [2.24, 2.45) is 4.99 Å². The highest BCUT2D eigenvalue weighted by Gasteiger charge is 2.36. The van der Waals surface area contributed by atoms with Gasteiger partial charge in [0.15, 0.2) is 5.17 Å². The first kappa shape index (κ1) is 14.1. The van der Waals surface area contributed by atoms with E-state index in [1.165, 1.54) is 6.07 Å². The highest BCUT2D eigenvalue weighted by atomic mass is 32.2. The van der Waals surface area contributed by atoms with Gasteiger partial charge in [-0.1, -0.05) is 32.2 Å². The predicted octanol–water partition coefficient (Wildman–Crippen LogP) is 4.72.